The van der Waals surface area contributed by atoms with Crippen LogP contribution in [0.4, 0.5) is 0 Å². The monoisotopic (exact) mass is 264 g/mol. The second-order valence-corrected chi connectivity index (χ2v) is 4.11. The maximum absolute atomic E-state index is 9.68. The fourth-order valence-corrected chi connectivity index (χ4v) is 1.92. The quantitative estimate of drug-likeness (QED) is 0.918. The van der Waals surface area contributed by atoms with Crippen LogP contribution in [0.25, 0.3) is 11.1 Å². The standard InChI is InChI=1S/C14H13ClO3/c1-17-12-4-3-5-13(18-2)14(12)9-6-7-10(15)11(16)8-9/h3-8,16H,1-2H3. The maximum atomic E-state index is 9.68. The topological polar surface area (TPSA) is 38.7 Å². The van der Waals surface area contributed by atoms with E-state index >= 15 is 0 Å². The molecule has 0 aromatic heterocycles. The van der Waals surface area contributed by atoms with Gasteiger partial charge in [-0.25, -0.2) is 0 Å². The minimum absolute atomic E-state index is 0.0297. The summed E-state index contributed by atoms with van der Waals surface area (Å²) in [4.78, 5) is 0. The summed E-state index contributed by atoms with van der Waals surface area (Å²) in [6.07, 6.45) is 0. The molecule has 0 saturated carbocycles. The van der Waals surface area contributed by atoms with Crippen LogP contribution in [0, 0.1) is 0 Å². The number of phenolic OH excluding ortho intramolecular Hbond substituents is 1. The van der Waals surface area contributed by atoms with E-state index < -0.39 is 0 Å². The molecule has 0 bridgehead atoms. The first-order valence-electron chi connectivity index (χ1n) is 5.37. The number of aromatic hydroxyl groups is 1. The number of halogens is 1. The summed E-state index contributed by atoms with van der Waals surface area (Å²) in [6.45, 7) is 0. The van der Waals surface area contributed by atoms with E-state index in [0.717, 1.165) is 11.1 Å². The van der Waals surface area contributed by atoms with Gasteiger partial charge < -0.3 is 14.6 Å². The number of rotatable bonds is 3. The molecule has 18 heavy (non-hydrogen) atoms. The number of benzene rings is 2. The molecule has 0 saturated heterocycles. The maximum Gasteiger partial charge on any atom is 0.134 e. The Morgan fingerprint density at radius 2 is 1.61 bits per heavy atom. The fourth-order valence-electron chi connectivity index (χ4n) is 1.80. The second kappa shape index (κ2) is 5.19. The first-order valence-corrected chi connectivity index (χ1v) is 5.75. The van der Waals surface area contributed by atoms with Crippen LogP contribution >= 0.6 is 11.6 Å². The molecule has 0 atom stereocenters. The number of hydrogen-bond acceptors (Lipinski definition) is 3. The van der Waals surface area contributed by atoms with Crippen LogP contribution in [-0.4, -0.2) is 19.3 Å². The highest BCUT2D eigenvalue weighted by Crippen LogP contribution is 2.40. The minimum atomic E-state index is 0.0297. The summed E-state index contributed by atoms with van der Waals surface area (Å²) in [5, 5.41) is 9.99. The Balaban J connectivity index is 2.64. The molecule has 0 fully saturated rings. The molecule has 2 aromatic rings. The highest BCUT2D eigenvalue weighted by molar-refractivity contribution is 6.32. The molecule has 1 N–H and O–H groups in total. The van der Waals surface area contributed by atoms with Crippen LogP contribution in [0.3, 0.4) is 0 Å². The van der Waals surface area contributed by atoms with E-state index in [2.05, 4.69) is 0 Å². The van der Waals surface area contributed by atoms with Crippen molar-refractivity contribution in [2.45, 2.75) is 0 Å². The molecule has 0 aliphatic rings. The number of ether oxygens (including phenoxy) is 2. The molecule has 0 heterocycles. The van der Waals surface area contributed by atoms with Gasteiger partial charge in [-0.15, -0.1) is 0 Å². The van der Waals surface area contributed by atoms with Crippen LogP contribution in [-0.2, 0) is 0 Å². The molecule has 0 aliphatic carbocycles. The summed E-state index contributed by atoms with van der Waals surface area (Å²) < 4.78 is 10.6. The Labute approximate surface area is 111 Å². The first kappa shape index (κ1) is 12.6. The molecular weight excluding hydrogens is 252 g/mol. The molecule has 0 unspecified atom stereocenters. The van der Waals surface area contributed by atoms with E-state index in [9.17, 15) is 5.11 Å². The van der Waals surface area contributed by atoms with Crippen LogP contribution in [0.1, 0.15) is 0 Å². The molecule has 0 spiro atoms. The Bertz CT molecular complexity index is 545. The normalized spacial score (nSPS) is 10.2. The van der Waals surface area contributed by atoms with Gasteiger partial charge in [0.05, 0.1) is 24.8 Å². The van der Waals surface area contributed by atoms with Crippen molar-refractivity contribution in [3.05, 3.63) is 41.4 Å². The lowest BCUT2D eigenvalue weighted by molar-refractivity contribution is 0.397. The lowest BCUT2D eigenvalue weighted by Gasteiger charge is -2.13. The predicted octanol–water partition coefficient (Wildman–Crippen LogP) is 3.73. The lowest BCUT2D eigenvalue weighted by Crippen LogP contribution is -1.92. The van der Waals surface area contributed by atoms with E-state index in [4.69, 9.17) is 21.1 Å². The zero-order chi connectivity index (χ0) is 13.1. The molecular formula is C14H13ClO3. The Morgan fingerprint density at radius 3 is 2.11 bits per heavy atom. The SMILES string of the molecule is COc1cccc(OC)c1-c1ccc(Cl)c(O)c1. The average molecular weight is 265 g/mol. The third-order valence-corrected chi connectivity index (χ3v) is 2.98. The van der Waals surface area contributed by atoms with Crippen molar-refractivity contribution >= 4 is 11.6 Å². The lowest BCUT2D eigenvalue weighted by atomic mass is 10.0. The van der Waals surface area contributed by atoms with Gasteiger partial charge in [0.25, 0.3) is 0 Å². The van der Waals surface area contributed by atoms with Gasteiger partial charge in [-0.05, 0) is 29.8 Å². The molecule has 3 nitrogen and oxygen atoms in total. The third-order valence-electron chi connectivity index (χ3n) is 2.66. The van der Waals surface area contributed by atoms with Crippen LogP contribution in [0.5, 0.6) is 17.2 Å². The second-order valence-electron chi connectivity index (χ2n) is 3.70. The van der Waals surface area contributed by atoms with Crippen molar-refractivity contribution in [2.24, 2.45) is 0 Å². The van der Waals surface area contributed by atoms with Gasteiger partial charge in [0.15, 0.2) is 0 Å². The van der Waals surface area contributed by atoms with E-state index in [1.165, 1.54) is 0 Å². The van der Waals surface area contributed by atoms with E-state index in [1.54, 1.807) is 26.4 Å². The molecule has 2 rings (SSSR count). The third kappa shape index (κ3) is 2.22. The highest BCUT2D eigenvalue weighted by Gasteiger charge is 2.13. The summed E-state index contributed by atoms with van der Waals surface area (Å²) in [5.41, 5.74) is 1.57. The fraction of sp³-hybridized carbons (Fsp3) is 0.143. The number of methoxy groups -OCH3 is 2. The number of hydrogen-bond donors (Lipinski definition) is 1. The minimum Gasteiger partial charge on any atom is -0.506 e. The van der Waals surface area contributed by atoms with Crippen molar-refractivity contribution in [3.63, 3.8) is 0 Å². The largest absolute Gasteiger partial charge is 0.506 e. The Hall–Kier alpha value is -1.87. The van der Waals surface area contributed by atoms with Crippen LogP contribution < -0.4 is 9.47 Å². The Kier molecular flexibility index (Phi) is 3.63. The smallest absolute Gasteiger partial charge is 0.134 e. The predicted molar refractivity (Wildman–Crippen MR) is 71.7 cm³/mol. The number of phenols is 1. The van der Waals surface area contributed by atoms with Crippen molar-refractivity contribution in [2.75, 3.05) is 14.2 Å². The Morgan fingerprint density at radius 1 is 1.00 bits per heavy atom. The van der Waals surface area contributed by atoms with E-state index in [1.807, 2.05) is 24.3 Å². The molecule has 0 amide bonds. The van der Waals surface area contributed by atoms with Crippen molar-refractivity contribution in [3.8, 4) is 28.4 Å². The van der Waals surface area contributed by atoms with Gasteiger partial charge >= 0.3 is 0 Å². The zero-order valence-electron chi connectivity index (χ0n) is 10.1. The van der Waals surface area contributed by atoms with Crippen molar-refractivity contribution in [1.82, 2.24) is 0 Å². The first-order chi connectivity index (χ1) is 8.67. The van der Waals surface area contributed by atoms with Crippen LogP contribution in [0.2, 0.25) is 5.02 Å². The summed E-state index contributed by atoms with van der Waals surface area (Å²) >= 11 is 5.80. The van der Waals surface area contributed by atoms with E-state index in [-0.39, 0.29) is 5.75 Å². The van der Waals surface area contributed by atoms with Crippen molar-refractivity contribution in [1.29, 1.82) is 0 Å². The van der Waals surface area contributed by atoms with Gasteiger partial charge in [-0.1, -0.05) is 23.7 Å². The molecule has 0 aliphatic heterocycles. The van der Waals surface area contributed by atoms with Gasteiger partial charge in [0, 0.05) is 0 Å². The molecule has 2 aromatic carbocycles. The van der Waals surface area contributed by atoms with Gasteiger partial charge in [0.1, 0.15) is 17.2 Å². The molecule has 94 valence electrons. The van der Waals surface area contributed by atoms with Gasteiger partial charge in [-0.3, -0.25) is 0 Å². The molecule has 4 heteroatoms. The van der Waals surface area contributed by atoms with E-state index in [0.29, 0.717) is 16.5 Å². The summed E-state index contributed by atoms with van der Waals surface area (Å²) in [7, 11) is 3.18. The molecule has 0 radical (unpaired) electrons. The van der Waals surface area contributed by atoms with Gasteiger partial charge in [0.2, 0.25) is 0 Å². The van der Waals surface area contributed by atoms with Crippen molar-refractivity contribution < 1.29 is 14.6 Å². The van der Waals surface area contributed by atoms with Crippen LogP contribution in [0.15, 0.2) is 36.4 Å². The summed E-state index contributed by atoms with van der Waals surface area (Å²) in [5.74, 6) is 1.38. The van der Waals surface area contributed by atoms with Gasteiger partial charge in [-0.2, -0.15) is 0 Å². The average Bonchev–Trinajstić information content (AvgIpc) is 2.41. The highest BCUT2D eigenvalue weighted by atomic mass is 35.5. The zero-order valence-corrected chi connectivity index (χ0v) is 10.9. The summed E-state index contributed by atoms with van der Waals surface area (Å²) in [6, 6.07) is 10.5.